The quantitative estimate of drug-likeness (QED) is 0.482. The molecule has 2 aliphatic heterocycles. The Morgan fingerprint density at radius 1 is 1.10 bits per heavy atom. The Kier molecular flexibility index (Phi) is 7.17. The lowest BCUT2D eigenvalue weighted by Crippen LogP contribution is -2.49. The van der Waals surface area contributed by atoms with Gasteiger partial charge in [-0.1, -0.05) is 13.3 Å². The van der Waals surface area contributed by atoms with E-state index in [1.165, 1.54) is 12.0 Å². The number of esters is 2. The van der Waals surface area contributed by atoms with Gasteiger partial charge in [0.1, 0.15) is 12.1 Å². The van der Waals surface area contributed by atoms with Gasteiger partial charge in [-0.05, 0) is 44.4 Å². The minimum atomic E-state index is -0.914. The average molecular weight is 437 g/mol. The van der Waals surface area contributed by atoms with Gasteiger partial charge < -0.3 is 19.7 Å². The van der Waals surface area contributed by atoms with Gasteiger partial charge in [-0.25, -0.2) is 4.79 Å². The van der Waals surface area contributed by atoms with Crippen LogP contribution in [0.2, 0.25) is 0 Å². The van der Waals surface area contributed by atoms with Gasteiger partial charge in [0.2, 0.25) is 0 Å². The highest BCUT2D eigenvalue weighted by Gasteiger charge is 2.52. The number of hydrogen-bond donors (Lipinski definition) is 1. The Morgan fingerprint density at radius 2 is 1.74 bits per heavy atom. The SMILES string of the molecule is CCC1CCC2(CC1)NC(=O)N(CC(=O)OCC(=O)N1CCC(C(=O)OC)CC1)C2=O. The van der Waals surface area contributed by atoms with E-state index in [0.717, 1.165) is 24.2 Å². The highest BCUT2D eigenvalue weighted by Crippen LogP contribution is 2.37. The number of piperidine rings is 1. The number of imide groups is 1. The smallest absolute Gasteiger partial charge is 0.326 e. The molecule has 1 N–H and O–H groups in total. The first-order valence-electron chi connectivity index (χ1n) is 10.9. The van der Waals surface area contributed by atoms with E-state index in [-0.39, 0.29) is 23.7 Å². The normalized spacial score (nSPS) is 26.7. The van der Waals surface area contributed by atoms with Crippen LogP contribution in [-0.2, 0) is 28.7 Å². The van der Waals surface area contributed by atoms with Crippen LogP contribution in [0.1, 0.15) is 51.9 Å². The van der Waals surface area contributed by atoms with E-state index in [1.54, 1.807) is 0 Å². The Hall–Kier alpha value is -2.65. The predicted molar refractivity (Wildman–Crippen MR) is 108 cm³/mol. The molecule has 10 heteroatoms. The Balaban J connectivity index is 1.44. The fraction of sp³-hybridized carbons (Fsp3) is 0.762. The van der Waals surface area contributed by atoms with Crippen LogP contribution >= 0.6 is 0 Å². The second kappa shape index (κ2) is 9.65. The van der Waals surface area contributed by atoms with Crippen molar-refractivity contribution < 1.29 is 33.4 Å². The number of amides is 4. The highest BCUT2D eigenvalue weighted by molar-refractivity contribution is 6.08. The number of hydrogen-bond acceptors (Lipinski definition) is 7. The molecule has 1 spiro atoms. The largest absolute Gasteiger partial charge is 0.469 e. The summed E-state index contributed by atoms with van der Waals surface area (Å²) in [6.07, 6.45) is 4.90. The van der Waals surface area contributed by atoms with Crippen molar-refractivity contribution in [1.29, 1.82) is 0 Å². The van der Waals surface area contributed by atoms with Crippen molar-refractivity contribution in [1.82, 2.24) is 15.1 Å². The number of methoxy groups -OCH3 is 1. The fourth-order valence-corrected chi connectivity index (χ4v) is 4.68. The predicted octanol–water partition coefficient (Wildman–Crippen LogP) is 0.832. The summed E-state index contributed by atoms with van der Waals surface area (Å²) in [6.45, 7) is 1.90. The van der Waals surface area contributed by atoms with Crippen molar-refractivity contribution in [2.24, 2.45) is 11.8 Å². The lowest BCUT2D eigenvalue weighted by molar-refractivity contribution is -0.155. The molecule has 1 saturated carbocycles. The van der Waals surface area contributed by atoms with Crippen molar-refractivity contribution in [3.05, 3.63) is 0 Å². The first kappa shape index (κ1) is 23.0. The highest BCUT2D eigenvalue weighted by atomic mass is 16.5. The molecule has 172 valence electrons. The average Bonchev–Trinajstić information content (AvgIpc) is 3.01. The van der Waals surface area contributed by atoms with E-state index in [1.807, 2.05) is 0 Å². The van der Waals surface area contributed by atoms with Gasteiger partial charge >= 0.3 is 18.0 Å². The van der Waals surface area contributed by atoms with Crippen LogP contribution < -0.4 is 5.32 Å². The molecule has 0 bridgehead atoms. The molecule has 3 aliphatic rings. The molecule has 0 aromatic heterocycles. The molecule has 0 atom stereocenters. The molecule has 10 nitrogen and oxygen atoms in total. The molecule has 0 radical (unpaired) electrons. The van der Waals surface area contributed by atoms with Crippen molar-refractivity contribution in [3.8, 4) is 0 Å². The minimum absolute atomic E-state index is 0.226. The maximum absolute atomic E-state index is 12.8. The van der Waals surface area contributed by atoms with Gasteiger partial charge in [-0.2, -0.15) is 0 Å². The molecular formula is C21H31N3O7. The Morgan fingerprint density at radius 3 is 2.32 bits per heavy atom. The van der Waals surface area contributed by atoms with Gasteiger partial charge in [-0.15, -0.1) is 0 Å². The Bertz CT molecular complexity index is 737. The van der Waals surface area contributed by atoms with Crippen LogP contribution in [0.4, 0.5) is 4.79 Å². The molecule has 1 aliphatic carbocycles. The zero-order chi connectivity index (χ0) is 22.6. The number of carbonyl (C=O) groups excluding carboxylic acids is 5. The van der Waals surface area contributed by atoms with Gasteiger partial charge in [0, 0.05) is 13.1 Å². The zero-order valence-corrected chi connectivity index (χ0v) is 18.2. The maximum atomic E-state index is 12.8. The van der Waals surface area contributed by atoms with Gasteiger partial charge in [0.05, 0.1) is 13.0 Å². The number of nitrogens with one attached hydrogen (secondary N) is 1. The zero-order valence-electron chi connectivity index (χ0n) is 18.2. The molecule has 3 fully saturated rings. The first-order valence-corrected chi connectivity index (χ1v) is 10.9. The molecule has 2 saturated heterocycles. The molecule has 3 rings (SSSR count). The van der Waals surface area contributed by atoms with Gasteiger partial charge in [-0.3, -0.25) is 24.1 Å². The van der Waals surface area contributed by atoms with Crippen molar-refractivity contribution >= 4 is 29.8 Å². The summed E-state index contributed by atoms with van der Waals surface area (Å²) < 4.78 is 9.75. The fourth-order valence-electron chi connectivity index (χ4n) is 4.68. The Labute approximate surface area is 181 Å². The number of urea groups is 1. The topological polar surface area (TPSA) is 122 Å². The summed E-state index contributed by atoms with van der Waals surface area (Å²) >= 11 is 0. The lowest BCUT2D eigenvalue weighted by Gasteiger charge is -2.34. The van der Waals surface area contributed by atoms with Crippen LogP contribution in [0, 0.1) is 11.8 Å². The summed E-state index contributed by atoms with van der Waals surface area (Å²) in [5.41, 5.74) is -0.914. The van der Waals surface area contributed by atoms with Crippen LogP contribution in [-0.4, -0.2) is 78.5 Å². The summed E-state index contributed by atoms with van der Waals surface area (Å²) in [5, 5.41) is 2.77. The second-order valence-corrected chi connectivity index (χ2v) is 8.59. The number of ether oxygens (including phenoxy) is 2. The lowest BCUT2D eigenvalue weighted by atomic mass is 9.75. The van der Waals surface area contributed by atoms with E-state index in [9.17, 15) is 24.0 Å². The standard InChI is InChI=1S/C21H31N3O7/c1-3-14-4-8-21(9-5-14)19(28)24(20(29)22-21)12-17(26)31-13-16(25)23-10-6-15(7-11-23)18(27)30-2/h14-15H,3-13H2,1-2H3,(H,22,29). The van der Waals surface area contributed by atoms with E-state index in [4.69, 9.17) is 9.47 Å². The van der Waals surface area contributed by atoms with Crippen LogP contribution in [0.3, 0.4) is 0 Å². The van der Waals surface area contributed by atoms with E-state index in [2.05, 4.69) is 12.2 Å². The van der Waals surface area contributed by atoms with Crippen molar-refractivity contribution in [2.45, 2.75) is 57.4 Å². The maximum Gasteiger partial charge on any atom is 0.326 e. The summed E-state index contributed by atoms with van der Waals surface area (Å²) in [5.74, 6) is -1.52. The van der Waals surface area contributed by atoms with Crippen LogP contribution in [0.25, 0.3) is 0 Å². The van der Waals surface area contributed by atoms with Crippen LogP contribution in [0.5, 0.6) is 0 Å². The number of rotatable bonds is 6. The van der Waals surface area contributed by atoms with Crippen molar-refractivity contribution in [3.63, 3.8) is 0 Å². The molecule has 31 heavy (non-hydrogen) atoms. The number of nitrogens with zero attached hydrogens (tertiary/aromatic N) is 2. The molecule has 0 aromatic carbocycles. The van der Waals surface area contributed by atoms with Crippen molar-refractivity contribution in [2.75, 3.05) is 33.4 Å². The van der Waals surface area contributed by atoms with E-state index >= 15 is 0 Å². The van der Waals surface area contributed by atoms with Gasteiger partial charge in [0.15, 0.2) is 6.61 Å². The monoisotopic (exact) mass is 437 g/mol. The summed E-state index contributed by atoms with van der Waals surface area (Å²) in [6, 6.07) is -0.590. The second-order valence-electron chi connectivity index (χ2n) is 8.59. The molecule has 0 aromatic rings. The third-order valence-electron chi connectivity index (χ3n) is 6.81. The number of carbonyl (C=O) groups is 5. The van der Waals surface area contributed by atoms with E-state index < -0.39 is 30.7 Å². The molecule has 4 amide bonds. The van der Waals surface area contributed by atoms with E-state index in [0.29, 0.717) is 44.7 Å². The minimum Gasteiger partial charge on any atom is -0.469 e. The first-order chi connectivity index (χ1) is 14.8. The summed E-state index contributed by atoms with van der Waals surface area (Å²) in [7, 11) is 1.34. The number of likely N-dealkylation sites (tertiary alicyclic amines) is 1. The van der Waals surface area contributed by atoms with Crippen LogP contribution in [0.15, 0.2) is 0 Å². The summed E-state index contributed by atoms with van der Waals surface area (Å²) in [4.78, 5) is 63.6. The molecule has 0 unspecified atom stereocenters. The third-order valence-corrected chi connectivity index (χ3v) is 6.81. The molecular weight excluding hydrogens is 406 g/mol. The van der Waals surface area contributed by atoms with Gasteiger partial charge in [0.25, 0.3) is 11.8 Å². The molecule has 2 heterocycles. The third kappa shape index (κ3) is 4.99.